The summed E-state index contributed by atoms with van der Waals surface area (Å²) in [6.07, 6.45) is 3.21. The fourth-order valence-corrected chi connectivity index (χ4v) is 3.21. The van der Waals surface area contributed by atoms with Gasteiger partial charge in [-0.3, -0.25) is 14.7 Å². The van der Waals surface area contributed by atoms with Crippen molar-refractivity contribution in [3.05, 3.63) is 83.7 Å². The van der Waals surface area contributed by atoms with Crippen LogP contribution in [0, 0.1) is 5.92 Å². The lowest BCUT2D eigenvalue weighted by Crippen LogP contribution is -2.43. The summed E-state index contributed by atoms with van der Waals surface area (Å²) in [6, 6.07) is 14.4. The van der Waals surface area contributed by atoms with E-state index in [9.17, 15) is 9.90 Å². The van der Waals surface area contributed by atoms with Crippen LogP contribution in [-0.2, 0) is 9.53 Å². The Bertz CT molecular complexity index is 1020. The zero-order chi connectivity index (χ0) is 25.3. The van der Waals surface area contributed by atoms with Gasteiger partial charge in [-0.1, -0.05) is 44.2 Å². The van der Waals surface area contributed by atoms with Gasteiger partial charge >= 0.3 is 0 Å². The molecule has 6 nitrogen and oxygen atoms in total. The van der Waals surface area contributed by atoms with Gasteiger partial charge in [-0.2, -0.15) is 0 Å². The number of aliphatic hydroxyl groups is 1. The summed E-state index contributed by atoms with van der Waals surface area (Å²) in [5.74, 6) is 0.578. The molecule has 7 heteroatoms. The number of anilines is 1. The summed E-state index contributed by atoms with van der Waals surface area (Å²) in [4.78, 5) is 19.0. The van der Waals surface area contributed by atoms with Crippen LogP contribution in [0.2, 0.25) is 5.02 Å². The SMILES string of the molecule is C=CN=C(/C=C1/OCN(c2ccc(OCC(C)(C)O)cc2)C(=O)C1C)c1ccc(Cl)cc1.CC. The lowest BCUT2D eigenvalue weighted by atomic mass is 10.0. The van der Waals surface area contributed by atoms with Gasteiger partial charge in [0.25, 0.3) is 0 Å². The molecule has 0 aromatic heterocycles. The molecule has 1 unspecified atom stereocenters. The van der Waals surface area contributed by atoms with Crippen molar-refractivity contribution < 1.29 is 19.4 Å². The highest BCUT2D eigenvalue weighted by Gasteiger charge is 2.32. The number of halogens is 1. The Balaban J connectivity index is 0.00000199. The first-order valence-corrected chi connectivity index (χ1v) is 11.6. The van der Waals surface area contributed by atoms with E-state index in [4.69, 9.17) is 21.1 Å². The molecule has 34 heavy (non-hydrogen) atoms. The van der Waals surface area contributed by atoms with Gasteiger partial charge in [0.2, 0.25) is 5.91 Å². The van der Waals surface area contributed by atoms with Crippen LogP contribution in [0.5, 0.6) is 5.75 Å². The summed E-state index contributed by atoms with van der Waals surface area (Å²) in [5.41, 5.74) is 1.25. The van der Waals surface area contributed by atoms with Crippen LogP contribution in [0.4, 0.5) is 5.69 Å². The average molecular weight is 485 g/mol. The molecule has 2 aromatic rings. The van der Waals surface area contributed by atoms with Crippen molar-refractivity contribution in [3.8, 4) is 5.75 Å². The van der Waals surface area contributed by atoms with Gasteiger partial charge in [-0.05, 0) is 57.2 Å². The van der Waals surface area contributed by atoms with Crippen molar-refractivity contribution in [2.24, 2.45) is 10.9 Å². The Morgan fingerprint density at radius 1 is 1.24 bits per heavy atom. The molecule has 1 atom stereocenters. The number of rotatable bonds is 7. The zero-order valence-corrected chi connectivity index (χ0v) is 21.2. The quantitative estimate of drug-likeness (QED) is 0.490. The van der Waals surface area contributed by atoms with Crippen LogP contribution >= 0.6 is 11.6 Å². The van der Waals surface area contributed by atoms with Crippen molar-refractivity contribution in [1.29, 1.82) is 0 Å². The predicted octanol–water partition coefficient (Wildman–Crippen LogP) is 5.99. The Labute approximate surface area is 207 Å². The number of hydrogen-bond acceptors (Lipinski definition) is 5. The lowest BCUT2D eigenvalue weighted by Gasteiger charge is -2.33. The van der Waals surface area contributed by atoms with Crippen LogP contribution in [-0.4, -0.2) is 35.7 Å². The molecule has 1 aliphatic rings. The molecular weight excluding hydrogens is 452 g/mol. The molecule has 3 rings (SSSR count). The van der Waals surface area contributed by atoms with Crippen molar-refractivity contribution in [2.45, 2.75) is 40.2 Å². The number of allylic oxidation sites excluding steroid dienone is 1. The van der Waals surface area contributed by atoms with Crippen LogP contribution in [0.25, 0.3) is 0 Å². The number of nitrogens with zero attached hydrogens (tertiary/aromatic N) is 2. The second-order valence-electron chi connectivity index (χ2n) is 8.11. The second-order valence-corrected chi connectivity index (χ2v) is 8.54. The third-order valence-corrected chi connectivity index (χ3v) is 5.07. The van der Waals surface area contributed by atoms with Crippen LogP contribution < -0.4 is 9.64 Å². The van der Waals surface area contributed by atoms with Gasteiger partial charge in [0.1, 0.15) is 18.1 Å². The molecule has 1 N–H and O–H groups in total. The first kappa shape index (κ1) is 27.2. The molecule has 1 saturated heterocycles. The summed E-state index contributed by atoms with van der Waals surface area (Å²) < 4.78 is 11.5. The van der Waals surface area contributed by atoms with E-state index in [2.05, 4.69) is 11.6 Å². The van der Waals surface area contributed by atoms with Crippen LogP contribution in [0.15, 0.2) is 78.1 Å². The third kappa shape index (κ3) is 7.47. The molecule has 0 saturated carbocycles. The first-order valence-electron chi connectivity index (χ1n) is 11.2. The maximum Gasteiger partial charge on any atom is 0.240 e. The van der Waals surface area contributed by atoms with E-state index < -0.39 is 11.5 Å². The number of aliphatic imine (C=N–C) groups is 1. The largest absolute Gasteiger partial charge is 0.491 e. The molecule has 1 fully saturated rings. The first-order chi connectivity index (χ1) is 16.2. The fourth-order valence-electron chi connectivity index (χ4n) is 3.08. The monoisotopic (exact) mass is 484 g/mol. The highest BCUT2D eigenvalue weighted by Crippen LogP contribution is 2.28. The number of ether oxygens (including phenoxy) is 2. The van der Waals surface area contributed by atoms with Crippen LogP contribution in [0.1, 0.15) is 40.2 Å². The summed E-state index contributed by atoms with van der Waals surface area (Å²) in [5, 5.41) is 10.4. The van der Waals surface area contributed by atoms with Gasteiger partial charge < -0.3 is 14.6 Å². The Morgan fingerprint density at radius 3 is 2.41 bits per heavy atom. The second kappa shape index (κ2) is 12.4. The van der Waals surface area contributed by atoms with E-state index in [-0.39, 0.29) is 19.2 Å². The molecule has 0 aliphatic carbocycles. The minimum atomic E-state index is -0.923. The van der Waals surface area contributed by atoms with Crippen molar-refractivity contribution in [1.82, 2.24) is 0 Å². The molecule has 0 spiro atoms. The van der Waals surface area contributed by atoms with E-state index in [0.717, 1.165) is 5.56 Å². The van der Waals surface area contributed by atoms with E-state index in [1.54, 1.807) is 68.1 Å². The van der Waals surface area contributed by atoms with Gasteiger partial charge in [-0.15, -0.1) is 0 Å². The Hall–Kier alpha value is -3.09. The average Bonchev–Trinajstić information content (AvgIpc) is 2.82. The molecule has 0 radical (unpaired) electrons. The van der Waals surface area contributed by atoms with Crippen molar-refractivity contribution in [3.63, 3.8) is 0 Å². The predicted molar refractivity (Wildman–Crippen MR) is 138 cm³/mol. The molecule has 1 heterocycles. The maximum absolute atomic E-state index is 13.1. The Morgan fingerprint density at radius 2 is 1.85 bits per heavy atom. The summed E-state index contributed by atoms with van der Waals surface area (Å²) >= 11 is 5.98. The highest BCUT2D eigenvalue weighted by atomic mass is 35.5. The molecule has 1 aliphatic heterocycles. The smallest absolute Gasteiger partial charge is 0.240 e. The lowest BCUT2D eigenvalue weighted by molar-refractivity contribution is -0.125. The number of carbonyl (C=O) groups excluding carboxylic acids is 1. The van der Waals surface area contributed by atoms with E-state index in [0.29, 0.717) is 27.9 Å². The van der Waals surface area contributed by atoms with Crippen molar-refractivity contribution in [2.75, 3.05) is 18.2 Å². The van der Waals surface area contributed by atoms with Crippen molar-refractivity contribution >= 4 is 28.9 Å². The molecule has 2 aromatic carbocycles. The number of benzene rings is 2. The minimum Gasteiger partial charge on any atom is -0.491 e. The maximum atomic E-state index is 13.1. The number of amides is 1. The highest BCUT2D eigenvalue weighted by molar-refractivity contribution is 6.30. The minimum absolute atomic E-state index is 0.0817. The topological polar surface area (TPSA) is 71.4 Å². The van der Waals surface area contributed by atoms with Gasteiger partial charge in [0.05, 0.1) is 17.2 Å². The summed E-state index contributed by atoms with van der Waals surface area (Å²) in [6.45, 7) is 13.1. The van der Waals surface area contributed by atoms with E-state index in [1.165, 1.54) is 6.20 Å². The molecule has 1 amide bonds. The van der Waals surface area contributed by atoms with E-state index in [1.807, 2.05) is 26.0 Å². The third-order valence-electron chi connectivity index (χ3n) is 4.81. The van der Waals surface area contributed by atoms with Gasteiger partial charge in [0, 0.05) is 28.5 Å². The van der Waals surface area contributed by atoms with Gasteiger partial charge in [-0.25, -0.2) is 0 Å². The number of carbonyl (C=O) groups is 1. The standard InChI is InChI=1S/C25H27ClN2O4.C2H6/c1-5-27-22(18-6-8-19(26)9-7-18)14-23-17(2)24(29)28(16-32-23)20-10-12-21(13-11-20)31-15-25(3,4)30;1-2/h5-14,17,30H,1,15-16H2,2-4H3;1-2H3/b23-14+,27-22?;. The number of hydrogen-bond donors (Lipinski definition) is 1. The van der Waals surface area contributed by atoms with Gasteiger partial charge in [0.15, 0.2) is 6.73 Å². The van der Waals surface area contributed by atoms with E-state index >= 15 is 0 Å². The normalized spacial score (nSPS) is 17.6. The molecule has 182 valence electrons. The molecule has 0 bridgehead atoms. The zero-order valence-electron chi connectivity index (χ0n) is 20.4. The molecular formula is C27H33ClN2O4. The van der Waals surface area contributed by atoms with Crippen LogP contribution in [0.3, 0.4) is 0 Å². The summed E-state index contributed by atoms with van der Waals surface area (Å²) in [7, 11) is 0. The Kier molecular flexibility index (Phi) is 9.90. The fraction of sp³-hybridized carbons (Fsp3) is 0.333.